The summed E-state index contributed by atoms with van der Waals surface area (Å²) in [5.74, 6) is -1.30. The molecule has 0 aliphatic heterocycles. The van der Waals surface area contributed by atoms with Crippen LogP contribution in [0.25, 0.3) is 22.0 Å². The Balaban J connectivity index is 1.27. The number of amides is 2. The third kappa shape index (κ3) is 6.43. The number of fused-ring (bicyclic) bond motifs is 1. The first-order chi connectivity index (χ1) is 16.5. The Hall–Kier alpha value is -3.69. The van der Waals surface area contributed by atoms with Crippen LogP contribution >= 0.6 is 23.1 Å². The summed E-state index contributed by atoms with van der Waals surface area (Å²) in [6.45, 7) is 0. The van der Waals surface area contributed by atoms with Crippen molar-refractivity contribution in [3.8, 4) is 11.3 Å². The average Bonchev–Trinajstić information content (AvgIpc) is 3.30. The lowest BCUT2D eigenvalue weighted by atomic mass is 10.1. The van der Waals surface area contributed by atoms with Crippen molar-refractivity contribution >= 4 is 62.5 Å². The molecule has 2 amide bonds. The summed E-state index contributed by atoms with van der Waals surface area (Å²) in [4.78, 5) is 40.0. The number of carbonyl (C=O) groups excluding carboxylic acids is 2. The van der Waals surface area contributed by atoms with E-state index in [1.807, 2.05) is 23.6 Å². The highest BCUT2D eigenvalue weighted by Gasteiger charge is 2.10. The van der Waals surface area contributed by atoms with Crippen LogP contribution in [0.5, 0.6) is 0 Å². The molecule has 0 atom stereocenters. The SMILES string of the molecule is O=C(O)CCC(=O)Nc1ccc(SCC(=O)Nc2nc(-c3ccc4ccccc4c3)cs2)cc1. The van der Waals surface area contributed by atoms with Gasteiger partial charge >= 0.3 is 5.97 Å². The minimum Gasteiger partial charge on any atom is -0.481 e. The van der Waals surface area contributed by atoms with Crippen LogP contribution in [0.2, 0.25) is 0 Å². The molecule has 1 heterocycles. The molecule has 4 aromatic rings. The number of nitrogens with one attached hydrogen (secondary N) is 2. The summed E-state index contributed by atoms with van der Waals surface area (Å²) < 4.78 is 0. The standard InChI is InChI=1S/C25H21N3O4S2/c29-22(11-12-24(31)32)26-19-7-9-20(10-8-19)33-15-23(30)28-25-27-21(14-34-25)18-6-5-16-3-1-2-4-17(16)13-18/h1-10,13-14H,11-12,15H2,(H,26,29)(H,31,32)(H,27,28,30). The number of anilines is 2. The number of carbonyl (C=O) groups is 3. The van der Waals surface area contributed by atoms with E-state index in [-0.39, 0.29) is 30.4 Å². The zero-order valence-corrected chi connectivity index (χ0v) is 19.6. The quantitative estimate of drug-likeness (QED) is 0.267. The fourth-order valence-corrected chi connectivity index (χ4v) is 4.63. The second kappa shape index (κ2) is 11.0. The number of aromatic nitrogens is 1. The first kappa shape index (κ1) is 23.5. The topological polar surface area (TPSA) is 108 Å². The van der Waals surface area contributed by atoms with Crippen molar-refractivity contribution in [2.45, 2.75) is 17.7 Å². The zero-order chi connectivity index (χ0) is 23.9. The van der Waals surface area contributed by atoms with Crippen molar-refractivity contribution < 1.29 is 19.5 Å². The van der Waals surface area contributed by atoms with Gasteiger partial charge in [0.1, 0.15) is 0 Å². The van der Waals surface area contributed by atoms with Gasteiger partial charge in [-0.3, -0.25) is 14.4 Å². The Morgan fingerprint density at radius 1 is 0.882 bits per heavy atom. The summed E-state index contributed by atoms with van der Waals surface area (Å²) in [6, 6.07) is 21.3. The fraction of sp³-hybridized carbons (Fsp3) is 0.120. The van der Waals surface area contributed by atoms with Crippen LogP contribution in [0.1, 0.15) is 12.8 Å². The molecular weight excluding hydrogens is 470 g/mol. The summed E-state index contributed by atoms with van der Waals surface area (Å²) in [7, 11) is 0. The molecule has 0 aliphatic rings. The lowest BCUT2D eigenvalue weighted by Gasteiger charge is -2.06. The number of benzene rings is 3. The van der Waals surface area contributed by atoms with Crippen LogP contribution in [0.15, 0.2) is 77.0 Å². The first-order valence-electron chi connectivity index (χ1n) is 10.5. The monoisotopic (exact) mass is 491 g/mol. The summed E-state index contributed by atoms with van der Waals surface area (Å²) >= 11 is 2.75. The molecular formula is C25H21N3O4S2. The lowest BCUT2D eigenvalue weighted by Crippen LogP contribution is -2.14. The van der Waals surface area contributed by atoms with E-state index in [9.17, 15) is 14.4 Å². The van der Waals surface area contributed by atoms with Crippen LogP contribution in [0, 0.1) is 0 Å². The molecule has 0 saturated carbocycles. The van der Waals surface area contributed by atoms with Crippen LogP contribution in [0.4, 0.5) is 10.8 Å². The average molecular weight is 492 g/mol. The van der Waals surface area contributed by atoms with E-state index in [0.717, 1.165) is 21.5 Å². The Kier molecular flexibility index (Phi) is 7.56. The Morgan fingerprint density at radius 3 is 2.41 bits per heavy atom. The second-order valence-electron chi connectivity index (χ2n) is 7.40. The van der Waals surface area contributed by atoms with Crippen molar-refractivity contribution in [3.05, 3.63) is 72.1 Å². The van der Waals surface area contributed by atoms with E-state index >= 15 is 0 Å². The van der Waals surface area contributed by atoms with Crippen LogP contribution in [-0.4, -0.2) is 33.6 Å². The van der Waals surface area contributed by atoms with E-state index in [4.69, 9.17) is 5.11 Å². The van der Waals surface area contributed by atoms with Gasteiger partial charge in [0, 0.05) is 27.9 Å². The van der Waals surface area contributed by atoms with Gasteiger partial charge in [0.05, 0.1) is 17.9 Å². The molecule has 0 unspecified atom stereocenters. The number of aliphatic carboxylic acids is 1. The summed E-state index contributed by atoms with van der Waals surface area (Å²) in [5.41, 5.74) is 2.40. The van der Waals surface area contributed by atoms with Crippen LogP contribution < -0.4 is 10.6 Å². The summed E-state index contributed by atoms with van der Waals surface area (Å²) in [6.07, 6.45) is -0.289. The lowest BCUT2D eigenvalue weighted by molar-refractivity contribution is -0.138. The van der Waals surface area contributed by atoms with Crippen molar-refractivity contribution in [2.75, 3.05) is 16.4 Å². The largest absolute Gasteiger partial charge is 0.481 e. The third-order valence-electron chi connectivity index (χ3n) is 4.87. The number of nitrogens with zero attached hydrogens (tertiary/aromatic N) is 1. The molecule has 3 aromatic carbocycles. The van der Waals surface area contributed by atoms with E-state index in [0.29, 0.717) is 10.8 Å². The number of carboxylic acids is 1. The van der Waals surface area contributed by atoms with Gasteiger partial charge < -0.3 is 15.7 Å². The smallest absolute Gasteiger partial charge is 0.303 e. The van der Waals surface area contributed by atoms with Gasteiger partial charge in [-0.25, -0.2) is 4.98 Å². The van der Waals surface area contributed by atoms with Gasteiger partial charge in [-0.05, 0) is 41.1 Å². The van der Waals surface area contributed by atoms with Crippen molar-refractivity contribution in [1.82, 2.24) is 4.98 Å². The molecule has 7 nitrogen and oxygen atoms in total. The molecule has 0 saturated heterocycles. The van der Waals surface area contributed by atoms with E-state index in [1.54, 1.807) is 24.3 Å². The number of rotatable bonds is 9. The zero-order valence-electron chi connectivity index (χ0n) is 18.0. The number of thiazole rings is 1. The van der Waals surface area contributed by atoms with Crippen molar-refractivity contribution in [3.63, 3.8) is 0 Å². The predicted octanol–water partition coefficient (Wildman–Crippen LogP) is 5.50. The molecule has 34 heavy (non-hydrogen) atoms. The Labute approximate surface area is 204 Å². The molecule has 0 aliphatic carbocycles. The Morgan fingerprint density at radius 2 is 1.65 bits per heavy atom. The fourth-order valence-electron chi connectivity index (χ4n) is 3.20. The highest BCUT2D eigenvalue weighted by atomic mass is 32.2. The van der Waals surface area contributed by atoms with Crippen LogP contribution in [0.3, 0.4) is 0 Å². The predicted molar refractivity (Wildman–Crippen MR) is 136 cm³/mol. The number of thioether (sulfide) groups is 1. The number of hydrogen-bond donors (Lipinski definition) is 3. The number of hydrogen-bond acceptors (Lipinski definition) is 6. The van der Waals surface area contributed by atoms with E-state index in [2.05, 4.69) is 39.9 Å². The van der Waals surface area contributed by atoms with Gasteiger partial charge in [0.15, 0.2) is 5.13 Å². The maximum Gasteiger partial charge on any atom is 0.303 e. The molecule has 4 rings (SSSR count). The molecule has 1 aromatic heterocycles. The Bertz CT molecular complexity index is 1340. The number of carboxylic acid groups (broad SMARTS) is 1. The molecule has 0 bridgehead atoms. The first-order valence-corrected chi connectivity index (χ1v) is 12.3. The van der Waals surface area contributed by atoms with E-state index in [1.165, 1.54) is 28.5 Å². The van der Waals surface area contributed by atoms with Gasteiger partial charge in [-0.1, -0.05) is 36.4 Å². The van der Waals surface area contributed by atoms with Gasteiger partial charge in [0.25, 0.3) is 0 Å². The second-order valence-corrected chi connectivity index (χ2v) is 9.31. The van der Waals surface area contributed by atoms with Crippen molar-refractivity contribution in [1.29, 1.82) is 0 Å². The minimum absolute atomic E-state index is 0.0780. The third-order valence-corrected chi connectivity index (χ3v) is 6.64. The van der Waals surface area contributed by atoms with Gasteiger partial charge in [0.2, 0.25) is 11.8 Å². The molecule has 9 heteroatoms. The van der Waals surface area contributed by atoms with Crippen LogP contribution in [-0.2, 0) is 14.4 Å². The maximum absolute atomic E-state index is 12.4. The maximum atomic E-state index is 12.4. The highest BCUT2D eigenvalue weighted by Crippen LogP contribution is 2.28. The molecule has 172 valence electrons. The van der Waals surface area contributed by atoms with Crippen molar-refractivity contribution in [2.24, 2.45) is 0 Å². The van der Waals surface area contributed by atoms with Gasteiger partial charge in [-0.2, -0.15) is 0 Å². The minimum atomic E-state index is -1.01. The van der Waals surface area contributed by atoms with Gasteiger partial charge in [-0.15, -0.1) is 23.1 Å². The van der Waals surface area contributed by atoms with E-state index < -0.39 is 5.97 Å². The molecule has 3 N–H and O–H groups in total. The highest BCUT2D eigenvalue weighted by molar-refractivity contribution is 8.00. The molecule has 0 fully saturated rings. The molecule has 0 spiro atoms. The normalized spacial score (nSPS) is 10.7. The summed E-state index contributed by atoms with van der Waals surface area (Å²) in [5, 5.41) is 18.9. The molecule has 0 radical (unpaired) electrons.